The van der Waals surface area contributed by atoms with E-state index in [0.29, 0.717) is 10.6 Å². The Morgan fingerprint density at radius 1 is 1.47 bits per heavy atom. The van der Waals surface area contributed by atoms with Gasteiger partial charge in [-0.1, -0.05) is 37.4 Å². The lowest BCUT2D eigenvalue weighted by atomic mass is 10.0. The maximum absolute atomic E-state index is 13.6. The van der Waals surface area contributed by atoms with Crippen LogP contribution in [0.4, 0.5) is 4.39 Å². The Balaban J connectivity index is 2.81. The molecule has 0 aliphatic heterocycles. The standard InChI is InChI=1S/C12H17ClFN/c1-3-4-5-12(15-2)10-7-6-9(13)8-11(10)14/h6-8,12,15H,3-5H2,1-2H3. The summed E-state index contributed by atoms with van der Waals surface area (Å²) in [6, 6.07) is 4.94. The van der Waals surface area contributed by atoms with Crippen LogP contribution in [0.1, 0.15) is 37.8 Å². The first-order valence-corrected chi connectivity index (χ1v) is 5.69. The number of hydrogen-bond acceptors (Lipinski definition) is 1. The summed E-state index contributed by atoms with van der Waals surface area (Å²) in [6.45, 7) is 2.13. The lowest BCUT2D eigenvalue weighted by Crippen LogP contribution is -2.17. The van der Waals surface area contributed by atoms with Crippen LogP contribution in [0.25, 0.3) is 0 Å². The second kappa shape index (κ2) is 6.09. The molecule has 0 aliphatic carbocycles. The van der Waals surface area contributed by atoms with Gasteiger partial charge in [0.1, 0.15) is 5.82 Å². The molecule has 0 saturated heterocycles. The molecule has 15 heavy (non-hydrogen) atoms. The molecule has 0 amide bonds. The Labute approximate surface area is 95.6 Å². The van der Waals surface area contributed by atoms with E-state index < -0.39 is 0 Å². The summed E-state index contributed by atoms with van der Waals surface area (Å²) in [5.41, 5.74) is 0.704. The van der Waals surface area contributed by atoms with Gasteiger partial charge in [0.15, 0.2) is 0 Å². The van der Waals surface area contributed by atoms with Crippen LogP contribution < -0.4 is 5.32 Å². The number of unbranched alkanes of at least 4 members (excludes halogenated alkanes) is 1. The minimum Gasteiger partial charge on any atom is -0.313 e. The van der Waals surface area contributed by atoms with E-state index >= 15 is 0 Å². The molecular formula is C12H17ClFN. The van der Waals surface area contributed by atoms with Gasteiger partial charge in [0.05, 0.1) is 0 Å². The molecule has 1 rings (SSSR count). The number of hydrogen-bond donors (Lipinski definition) is 1. The summed E-state index contributed by atoms with van der Waals surface area (Å²) in [5.74, 6) is -0.224. The highest BCUT2D eigenvalue weighted by molar-refractivity contribution is 6.30. The summed E-state index contributed by atoms with van der Waals surface area (Å²) in [4.78, 5) is 0. The van der Waals surface area contributed by atoms with E-state index in [4.69, 9.17) is 11.6 Å². The second-order valence-corrected chi connectivity index (χ2v) is 4.09. The molecule has 0 heterocycles. The first kappa shape index (κ1) is 12.5. The van der Waals surface area contributed by atoms with Gasteiger partial charge in [-0.25, -0.2) is 4.39 Å². The molecule has 0 aromatic heterocycles. The van der Waals surface area contributed by atoms with Crippen LogP contribution in [0.5, 0.6) is 0 Å². The fourth-order valence-corrected chi connectivity index (χ4v) is 1.81. The first-order chi connectivity index (χ1) is 7.19. The fraction of sp³-hybridized carbons (Fsp3) is 0.500. The second-order valence-electron chi connectivity index (χ2n) is 3.65. The number of nitrogens with one attached hydrogen (secondary N) is 1. The molecule has 0 spiro atoms. The Morgan fingerprint density at radius 3 is 2.73 bits per heavy atom. The molecule has 0 aliphatic rings. The fourth-order valence-electron chi connectivity index (χ4n) is 1.65. The topological polar surface area (TPSA) is 12.0 Å². The van der Waals surface area contributed by atoms with Gasteiger partial charge in [-0.3, -0.25) is 0 Å². The minimum absolute atomic E-state index is 0.0854. The average molecular weight is 230 g/mol. The highest BCUT2D eigenvalue weighted by atomic mass is 35.5. The third-order valence-corrected chi connectivity index (χ3v) is 2.77. The zero-order chi connectivity index (χ0) is 11.3. The SMILES string of the molecule is CCCCC(NC)c1ccc(Cl)cc1F. The van der Waals surface area contributed by atoms with Crippen molar-refractivity contribution in [2.45, 2.75) is 32.2 Å². The molecule has 1 nitrogen and oxygen atoms in total. The Hall–Kier alpha value is -0.600. The number of rotatable bonds is 5. The van der Waals surface area contributed by atoms with Crippen LogP contribution in [-0.2, 0) is 0 Å². The van der Waals surface area contributed by atoms with E-state index in [1.54, 1.807) is 12.1 Å². The molecule has 1 atom stereocenters. The van der Waals surface area contributed by atoms with E-state index in [1.807, 2.05) is 7.05 Å². The van der Waals surface area contributed by atoms with Gasteiger partial charge in [0.2, 0.25) is 0 Å². The summed E-state index contributed by atoms with van der Waals surface area (Å²) >= 11 is 5.71. The molecule has 84 valence electrons. The molecule has 0 radical (unpaired) electrons. The highest BCUT2D eigenvalue weighted by Crippen LogP contribution is 2.24. The van der Waals surface area contributed by atoms with Gasteiger partial charge >= 0.3 is 0 Å². The quantitative estimate of drug-likeness (QED) is 0.807. The Morgan fingerprint density at radius 2 is 2.20 bits per heavy atom. The van der Waals surface area contributed by atoms with Gasteiger partial charge in [0.25, 0.3) is 0 Å². The van der Waals surface area contributed by atoms with E-state index in [9.17, 15) is 4.39 Å². The predicted octanol–water partition coefficient (Wildman–Crippen LogP) is 3.93. The van der Waals surface area contributed by atoms with Crippen molar-refractivity contribution in [1.82, 2.24) is 5.32 Å². The molecule has 0 fully saturated rings. The number of halogens is 2. The third kappa shape index (κ3) is 3.47. The zero-order valence-electron chi connectivity index (χ0n) is 9.19. The van der Waals surface area contributed by atoms with Crippen molar-refractivity contribution in [3.63, 3.8) is 0 Å². The molecular weight excluding hydrogens is 213 g/mol. The molecule has 1 aromatic carbocycles. The summed E-state index contributed by atoms with van der Waals surface area (Å²) in [6.07, 6.45) is 3.16. The van der Waals surface area contributed by atoms with Crippen molar-refractivity contribution in [3.05, 3.63) is 34.6 Å². The van der Waals surface area contributed by atoms with Crippen LogP contribution in [0.2, 0.25) is 5.02 Å². The average Bonchev–Trinajstić information content (AvgIpc) is 2.21. The molecule has 3 heteroatoms. The lowest BCUT2D eigenvalue weighted by molar-refractivity contribution is 0.492. The van der Waals surface area contributed by atoms with Crippen LogP contribution >= 0.6 is 11.6 Å². The van der Waals surface area contributed by atoms with Crippen molar-refractivity contribution in [2.24, 2.45) is 0 Å². The molecule has 1 N–H and O–H groups in total. The van der Waals surface area contributed by atoms with Crippen molar-refractivity contribution >= 4 is 11.6 Å². The third-order valence-electron chi connectivity index (χ3n) is 2.53. The first-order valence-electron chi connectivity index (χ1n) is 5.31. The van der Waals surface area contributed by atoms with Gasteiger partial charge < -0.3 is 5.32 Å². The Bertz CT molecular complexity index is 314. The van der Waals surface area contributed by atoms with E-state index in [1.165, 1.54) is 6.07 Å². The van der Waals surface area contributed by atoms with E-state index in [2.05, 4.69) is 12.2 Å². The summed E-state index contributed by atoms with van der Waals surface area (Å²) in [5, 5.41) is 3.58. The molecule has 1 aromatic rings. The smallest absolute Gasteiger partial charge is 0.129 e. The van der Waals surface area contributed by atoms with E-state index in [0.717, 1.165) is 19.3 Å². The minimum atomic E-state index is -0.224. The molecule has 0 bridgehead atoms. The van der Waals surface area contributed by atoms with Crippen LogP contribution in [-0.4, -0.2) is 7.05 Å². The van der Waals surface area contributed by atoms with Gasteiger partial charge in [-0.05, 0) is 25.6 Å². The monoisotopic (exact) mass is 229 g/mol. The predicted molar refractivity (Wildman–Crippen MR) is 62.7 cm³/mol. The summed E-state index contributed by atoms with van der Waals surface area (Å²) in [7, 11) is 1.86. The maximum atomic E-state index is 13.6. The van der Waals surface area contributed by atoms with Crippen LogP contribution in [0.3, 0.4) is 0 Å². The van der Waals surface area contributed by atoms with Gasteiger partial charge in [0, 0.05) is 16.6 Å². The van der Waals surface area contributed by atoms with Crippen molar-refractivity contribution in [1.29, 1.82) is 0 Å². The number of benzene rings is 1. The van der Waals surface area contributed by atoms with E-state index in [-0.39, 0.29) is 11.9 Å². The van der Waals surface area contributed by atoms with Gasteiger partial charge in [-0.2, -0.15) is 0 Å². The van der Waals surface area contributed by atoms with Crippen LogP contribution in [0.15, 0.2) is 18.2 Å². The van der Waals surface area contributed by atoms with Crippen molar-refractivity contribution in [3.8, 4) is 0 Å². The van der Waals surface area contributed by atoms with Crippen LogP contribution in [0, 0.1) is 5.82 Å². The van der Waals surface area contributed by atoms with Crippen molar-refractivity contribution < 1.29 is 4.39 Å². The largest absolute Gasteiger partial charge is 0.313 e. The zero-order valence-corrected chi connectivity index (χ0v) is 9.94. The maximum Gasteiger partial charge on any atom is 0.129 e. The summed E-state index contributed by atoms with van der Waals surface area (Å²) < 4.78 is 13.6. The van der Waals surface area contributed by atoms with Crippen molar-refractivity contribution in [2.75, 3.05) is 7.05 Å². The normalized spacial score (nSPS) is 12.8. The molecule has 1 unspecified atom stereocenters. The lowest BCUT2D eigenvalue weighted by Gasteiger charge is -2.17. The Kier molecular flexibility index (Phi) is 5.06. The van der Waals surface area contributed by atoms with Gasteiger partial charge in [-0.15, -0.1) is 0 Å². The highest BCUT2D eigenvalue weighted by Gasteiger charge is 2.13. The molecule has 0 saturated carbocycles.